The van der Waals surface area contributed by atoms with Gasteiger partial charge in [-0.3, -0.25) is 14.6 Å². The molecular formula is C16H18N4O2. The molecule has 3 rings (SSSR count). The second-order valence-electron chi connectivity index (χ2n) is 5.53. The summed E-state index contributed by atoms with van der Waals surface area (Å²) in [5.41, 5.74) is 7.51. The number of H-pyrrole nitrogens is 1. The van der Waals surface area contributed by atoms with E-state index in [1.165, 1.54) is 6.20 Å². The van der Waals surface area contributed by atoms with Gasteiger partial charge in [0, 0.05) is 18.7 Å². The van der Waals surface area contributed by atoms with Gasteiger partial charge in [-0.15, -0.1) is 0 Å². The summed E-state index contributed by atoms with van der Waals surface area (Å²) in [4.78, 5) is 32.1. The predicted octanol–water partition coefficient (Wildman–Crippen LogP) is 0.858. The molecule has 1 aromatic carbocycles. The number of nitrogens with one attached hydrogen (secondary N) is 1. The second-order valence-corrected chi connectivity index (χ2v) is 5.53. The summed E-state index contributed by atoms with van der Waals surface area (Å²) >= 11 is 0. The van der Waals surface area contributed by atoms with Crippen molar-refractivity contribution in [2.75, 3.05) is 19.6 Å². The second kappa shape index (κ2) is 6.11. The molecule has 0 saturated carbocycles. The van der Waals surface area contributed by atoms with Crippen LogP contribution < -0.4 is 11.3 Å². The lowest BCUT2D eigenvalue weighted by Gasteiger charge is -2.16. The molecule has 0 unspecified atom stereocenters. The van der Waals surface area contributed by atoms with E-state index in [4.69, 9.17) is 5.73 Å². The van der Waals surface area contributed by atoms with Gasteiger partial charge in [-0.25, -0.2) is 0 Å². The van der Waals surface area contributed by atoms with E-state index in [0.29, 0.717) is 23.7 Å². The van der Waals surface area contributed by atoms with Crippen LogP contribution in [0.5, 0.6) is 0 Å². The van der Waals surface area contributed by atoms with E-state index >= 15 is 0 Å². The van der Waals surface area contributed by atoms with Crippen molar-refractivity contribution in [1.82, 2.24) is 14.9 Å². The number of benzene rings is 1. The van der Waals surface area contributed by atoms with E-state index in [-0.39, 0.29) is 11.5 Å². The molecule has 1 atom stereocenters. The minimum atomic E-state index is -0.248. The molecule has 2 heterocycles. The van der Waals surface area contributed by atoms with E-state index in [9.17, 15) is 9.59 Å². The van der Waals surface area contributed by atoms with Crippen LogP contribution in [0, 0.1) is 5.92 Å². The number of nitrogens with zero attached hydrogens (tertiary/aromatic N) is 2. The number of carbonyl (C=O) groups excluding carboxylic acids is 1. The molecule has 0 spiro atoms. The fourth-order valence-electron chi connectivity index (χ4n) is 2.71. The van der Waals surface area contributed by atoms with Gasteiger partial charge in [0.05, 0.1) is 18.1 Å². The number of rotatable bonds is 3. The number of nitrogens with two attached hydrogens (primary N) is 1. The fourth-order valence-corrected chi connectivity index (χ4v) is 2.71. The monoisotopic (exact) mass is 298 g/mol. The van der Waals surface area contributed by atoms with Gasteiger partial charge in [0.25, 0.3) is 11.5 Å². The molecule has 1 amide bonds. The zero-order valence-electron chi connectivity index (χ0n) is 12.2. The highest BCUT2D eigenvalue weighted by atomic mass is 16.2. The Hall–Kier alpha value is -2.47. The summed E-state index contributed by atoms with van der Waals surface area (Å²) in [5, 5.41) is 0. The van der Waals surface area contributed by atoms with Crippen molar-refractivity contribution < 1.29 is 4.79 Å². The van der Waals surface area contributed by atoms with Gasteiger partial charge in [-0.05, 0) is 36.6 Å². The van der Waals surface area contributed by atoms with Gasteiger partial charge in [0.2, 0.25) is 0 Å². The third-order valence-corrected chi connectivity index (χ3v) is 4.00. The molecule has 1 aliphatic rings. The van der Waals surface area contributed by atoms with Gasteiger partial charge in [-0.1, -0.05) is 12.1 Å². The Balaban J connectivity index is 1.77. The maximum atomic E-state index is 12.4. The first kappa shape index (κ1) is 14.5. The standard InChI is InChI=1S/C16H18N4O2/c17-7-11-5-6-20(10-11)16(22)13-3-1-12(2-4-13)14-8-18-9-15(21)19-14/h1-4,8-9,11H,5-7,10,17H2,(H,19,21)/t11-/m0/s1. The quantitative estimate of drug-likeness (QED) is 0.879. The Morgan fingerprint density at radius 1 is 1.32 bits per heavy atom. The summed E-state index contributed by atoms with van der Waals surface area (Å²) in [6, 6.07) is 7.19. The fraction of sp³-hybridized carbons (Fsp3) is 0.312. The van der Waals surface area contributed by atoms with Crippen LogP contribution in [-0.2, 0) is 0 Å². The first-order valence-corrected chi connectivity index (χ1v) is 7.31. The van der Waals surface area contributed by atoms with Crippen molar-refractivity contribution in [2.45, 2.75) is 6.42 Å². The van der Waals surface area contributed by atoms with Gasteiger partial charge in [0.1, 0.15) is 0 Å². The zero-order chi connectivity index (χ0) is 15.5. The van der Waals surface area contributed by atoms with Crippen molar-refractivity contribution >= 4 is 5.91 Å². The SMILES string of the molecule is NC[C@@H]1CCN(C(=O)c2ccc(-c3cncc(=O)[nH]3)cc2)C1. The Bertz CT molecular complexity index is 723. The minimum absolute atomic E-state index is 0.0298. The Morgan fingerprint density at radius 2 is 2.09 bits per heavy atom. The van der Waals surface area contributed by atoms with Crippen molar-refractivity contribution in [1.29, 1.82) is 0 Å². The number of amides is 1. The van der Waals surface area contributed by atoms with Crippen LogP contribution in [0.25, 0.3) is 11.3 Å². The molecule has 6 heteroatoms. The molecule has 0 radical (unpaired) electrons. The maximum absolute atomic E-state index is 12.4. The van der Waals surface area contributed by atoms with Crippen LogP contribution in [0.4, 0.5) is 0 Å². The van der Waals surface area contributed by atoms with Crippen LogP contribution in [-0.4, -0.2) is 40.4 Å². The van der Waals surface area contributed by atoms with E-state index in [2.05, 4.69) is 9.97 Å². The molecule has 2 aromatic rings. The summed E-state index contributed by atoms with van der Waals surface area (Å²) in [6.45, 7) is 2.11. The number of aromatic amines is 1. The molecule has 22 heavy (non-hydrogen) atoms. The third kappa shape index (κ3) is 2.92. The van der Waals surface area contributed by atoms with Crippen LogP contribution in [0.3, 0.4) is 0 Å². The van der Waals surface area contributed by atoms with Crippen molar-refractivity contribution in [3.05, 3.63) is 52.6 Å². The molecule has 1 fully saturated rings. The Morgan fingerprint density at radius 3 is 2.73 bits per heavy atom. The maximum Gasteiger partial charge on any atom is 0.266 e. The van der Waals surface area contributed by atoms with Gasteiger partial charge >= 0.3 is 0 Å². The minimum Gasteiger partial charge on any atom is -0.338 e. The molecule has 114 valence electrons. The van der Waals surface area contributed by atoms with Gasteiger partial charge in [0.15, 0.2) is 0 Å². The van der Waals surface area contributed by atoms with E-state index < -0.39 is 0 Å². The lowest BCUT2D eigenvalue weighted by atomic mass is 10.1. The van der Waals surface area contributed by atoms with E-state index in [1.54, 1.807) is 18.3 Å². The highest BCUT2D eigenvalue weighted by Gasteiger charge is 2.25. The van der Waals surface area contributed by atoms with Gasteiger partial charge < -0.3 is 15.6 Å². The normalized spacial score (nSPS) is 17.7. The lowest BCUT2D eigenvalue weighted by Crippen LogP contribution is -2.29. The molecule has 6 nitrogen and oxygen atoms in total. The highest BCUT2D eigenvalue weighted by Crippen LogP contribution is 2.20. The summed E-state index contributed by atoms with van der Waals surface area (Å²) in [6.07, 6.45) is 3.78. The van der Waals surface area contributed by atoms with E-state index in [0.717, 1.165) is 25.1 Å². The summed E-state index contributed by atoms with van der Waals surface area (Å²) in [7, 11) is 0. The number of aromatic nitrogens is 2. The highest BCUT2D eigenvalue weighted by molar-refractivity contribution is 5.94. The first-order valence-electron chi connectivity index (χ1n) is 7.31. The Kier molecular flexibility index (Phi) is 4.02. The van der Waals surface area contributed by atoms with Crippen molar-refractivity contribution in [3.63, 3.8) is 0 Å². The number of carbonyl (C=O) groups is 1. The van der Waals surface area contributed by atoms with Crippen molar-refractivity contribution in [3.8, 4) is 11.3 Å². The van der Waals surface area contributed by atoms with Crippen LogP contribution in [0.15, 0.2) is 41.5 Å². The molecule has 1 aliphatic heterocycles. The summed E-state index contributed by atoms with van der Waals surface area (Å²) in [5.74, 6) is 0.436. The van der Waals surface area contributed by atoms with Crippen LogP contribution in [0.2, 0.25) is 0 Å². The third-order valence-electron chi connectivity index (χ3n) is 4.00. The zero-order valence-corrected chi connectivity index (χ0v) is 12.2. The number of hydrogen-bond donors (Lipinski definition) is 2. The molecular weight excluding hydrogens is 280 g/mol. The van der Waals surface area contributed by atoms with Crippen molar-refractivity contribution in [2.24, 2.45) is 11.7 Å². The first-order chi connectivity index (χ1) is 10.7. The predicted molar refractivity (Wildman–Crippen MR) is 83.4 cm³/mol. The Labute approximate surface area is 128 Å². The largest absolute Gasteiger partial charge is 0.338 e. The number of hydrogen-bond acceptors (Lipinski definition) is 4. The lowest BCUT2D eigenvalue weighted by molar-refractivity contribution is 0.0787. The summed E-state index contributed by atoms with van der Waals surface area (Å²) < 4.78 is 0. The molecule has 3 N–H and O–H groups in total. The van der Waals surface area contributed by atoms with Gasteiger partial charge in [-0.2, -0.15) is 0 Å². The molecule has 0 aliphatic carbocycles. The van der Waals surface area contributed by atoms with E-state index in [1.807, 2.05) is 17.0 Å². The molecule has 1 aromatic heterocycles. The average Bonchev–Trinajstić information content (AvgIpc) is 3.03. The smallest absolute Gasteiger partial charge is 0.266 e. The molecule has 1 saturated heterocycles. The van der Waals surface area contributed by atoms with Crippen LogP contribution in [0.1, 0.15) is 16.8 Å². The van der Waals surface area contributed by atoms with Crippen LogP contribution >= 0.6 is 0 Å². The number of likely N-dealkylation sites (tertiary alicyclic amines) is 1. The topological polar surface area (TPSA) is 92.1 Å². The molecule has 0 bridgehead atoms. The average molecular weight is 298 g/mol.